The Morgan fingerprint density at radius 1 is 0.419 bits per heavy atom. The molecule has 0 saturated carbocycles. The average molecular weight is 1070 g/mol. The minimum absolute atomic E-state index is 0.0492. The summed E-state index contributed by atoms with van der Waals surface area (Å²) < 4.78 is 11.5. The summed E-state index contributed by atoms with van der Waals surface area (Å²) in [4.78, 5) is 88.1. The molecule has 0 aromatic rings. The van der Waals surface area contributed by atoms with Crippen molar-refractivity contribution in [2.45, 2.75) is 309 Å². The van der Waals surface area contributed by atoms with Crippen molar-refractivity contribution < 1.29 is 53.2 Å². The number of aliphatic carboxylic acids is 2. The first-order valence-corrected chi connectivity index (χ1v) is 31.3. The van der Waals surface area contributed by atoms with Gasteiger partial charge in [0.1, 0.15) is 24.8 Å². The Kier molecular flexibility index (Phi) is 50.6. The molecule has 0 aliphatic carbocycles. The van der Waals surface area contributed by atoms with Crippen molar-refractivity contribution in [3.8, 4) is 0 Å². The summed E-state index contributed by atoms with van der Waals surface area (Å²) in [5, 5.41) is 26.0. The van der Waals surface area contributed by atoms with E-state index < -0.39 is 54.9 Å². The van der Waals surface area contributed by atoms with E-state index in [2.05, 4.69) is 36.7 Å². The van der Waals surface area contributed by atoms with Gasteiger partial charge in [0, 0.05) is 37.2 Å². The maximum Gasteiger partial charge on any atom is 0.326 e. The van der Waals surface area contributed by atoms with Crippen LogP contribution in [0.1, 0.15) is 290 Å². The molecule has 0 radical (unpaired) electrons. The van der Waals surface area contributed by atoms with E-state index in [1.54, 1.807) is 0 Å². The number of carboxylic acid groups (broad SMARTS) is 2. The van der Waals surface area contributed by atoms with E-state index in [1.807, 2.05) is 0 Å². The topological polar surface area (TPSA) is 214 Å². The Labute approximate surface area is 454 Å². The standard InChI is InChI=1S/C59H109N3O11S/c1-4-7-10-13-16-19-22-24-27-30-33-36-39-42-56(67)72-47-50(73-57(68)43-40-37-34-31-28-25-23-20-17-14-11-8-5-2)48-74-49-52(58(69)60-46-54(64)61-51(59(70)71)44-45-55(65)66)62-53(63)41-38-35-32-29-26-21-18-15-12-9-6-3/h50-52H,4-49H2,1-3H3,(H,60,69)(H,61,64)(H,62,63)(H,65,66)(H,70,71)/t50-,51+,52+/m1/s1. The van der Waals surface area contributed by atoms with Gasteiger partial charge in [0.05, 0.1) is 6.54 Å². The van der Waals surface area contributed by atoms with Crippen molar-refractivity contribution in [2.75, 3.05) is 24.7 Å². The Morgan fingerprint density at radius 3 is 1.18 bits per heavy atom. The first kappa shape index (κ1) is 70.6. The van der Waals surface area contributed by atoms with Crippen LogP contribution < -0.4 is 16.0 Å². The minimum Gasteiger partial charge on any atom is -0.481 e. The fraction of sp³-hybridized carbons (Fsp3) is 0.881. The Morgan fingerprint density at radius 2 is 0.784 bits per heavy atom. The van der Waals surface area contributed by atoms with Gasteiger partial charge in [-0.25, -0.2) is 4.79 Å². The zero-order valence-corrected chi connectivity index (χ0v) is 48.1. The average Bonchev–Trinajstić information content (AvgIpc) is 3.37. The number of ether oxygens (including phenoxy) is 2. The van der Waals surface area contributed by atoms with Crippen LogP contribution in [0.2, 0.25) is 0 Å². The Hall–Kier alpha value is -3.36. The molecule has 0 aromatic heterocycles. The highest BCUT2D eigenvalue weighted by atomic mass is 32.2. The molecule has 0 unspecified atom stereocenters. The SMILES string of the molecule is CCCCCCCCCCCCCCCC(=O)OC[C@H](CSC[C@H](NC(=O)CCCCCCCCCCCCC)C(=O)NCC(=O)N[C@@H](CCC(=O)O)C(=O)O)OC(=O)CCCCCCCCCCCCCCC. The monoisotopic (exact) mass is 1070 g/mol. The normalized spacial score (nSPS) is 12.4. The van der Waals surface area contributed by atoms with Crippen LogP contribution in [-0.2, 0) is 43.0 Å². The number of rotatable bonds is 56. The molecule has 0 aliphatic rings. The van der Waals surface area contributed by atoms with Gasteiger partial charge in [-0.3, -0.25) is 28.8 Å². The summed E-state index contributed by atoms with van der Waals surface area (Å²) in [5.41, 5.74) is 0. The number of nitrogens with one attached hydrogen (secondary N) is 3. The van der Waals surface area contributed by atoms with E-state index >= 15 is 0 Å². The van der Waals surface area contributed by atoms with Gasteiger partial charge in [-0.15, -0.1) is 0 Å². The molecule has 14 nitrogen and oxygen atoms in total. The van der Waals surface area contributed by atoms with Crippen LogP contribution in [0.5, 0.6) is 0 Å². The largest absolute Gasteiger partial charge is 0.481 e. The highest BCUT2D eigenvalue weighted by Gasteiger charge is 2.26. The molecule has 0 heterocycles. The van der Waals surface area contributed by atoms with Gasteiger partial charge in [0.25, 0.3) is 0 Å². The van der Waals surface area contributed by atoms with Crippen LogP contribution in [0, 0.1) is 0 Å². The Balaban J connectivity index is 5.42. The van der Waals surface area contributed by atoms with Gasteiger partial charge >= 0.3 is 23.9 Å². The number of carbonyl (C=O) groups is 7. The van der Waals surface area contributed by atoms with E-state index in [-0.39, 0.29) is 61.6 Å². The van der Waals surface area contributed by atoms with Crippen LogP contribution >= 0.6 is 11.8 Å². The number of hydrogen-bond donors (Lipinski definition) is 5. The molecule has 0 rings (SSSR count). The lowest BCUT2D eigenvalue weighted by atomic mass is 10.0. The number of carboxylic acids is 2. The lowest BCUT2D eigenvalue weighted by Gasteiger charge is -2.21. The fourth-order valence-electron chi connectivity index (χ4n) is 8.97. The van der Waals surface area contributed by atoms with Gasteiger partial charge in [-0.2, -0.15) is 11.8 Å². The summed E-state index contributed by atoms with van der Waals surface area (Å²) in [7, 11) is 0. The zero-order chi connectivity index (χ0) is 54.5. The summed E-state index contributed by atoms with van der Waals surface area (Å²) in [6.45, 7) is 5.96. The van der Waals surface area contributed by atoms with Crippen molar-refractivity contribution in [2.24, 2.45) is 0 Å². The molecular formula is C59H109N3O11S. The highest BCUT2D eigenvalue weighted by Crippen LogP contribution is 2.18. The predicted octanol–water partition coefficient (Wildman–Crippen LogP) is 13.9. The van der Waals surface area contributed by atoms with E-state index in [1.165, 1.54) is 172 Å². The number of thioether (sulfide) groups is 1. The van der Waals surface area contributed by atoms with Crippen LogP contribution in [0.25, 0.3) is 0 Å². The van der Waals surface area contributed by atoms with Crippen molar-refractivity contribution in [3.05, 3.63) is 0 Å². The van der Waals surface area contributed by atoms with Gasteiger partial charge < -0.3 is 35.6 Å². The molecule has 0 fully saturated rings. The van der Waals surface area contributed by atoms with Crippen LogP contribution in [0.4, 0.5) is 0 Å². The van der Waals surface area contributed by atoms with Crippen LogP contribution in [0.15, 0.2) is 0 Å². The number of amides is 3. The second kappa shape index (κ2) is 53.1. The first-order valence-electron chi connectivity index (χ1n) is 30.2. The lowest BCUT2D eigenvalue weighted by Crippen LogP contribution is -2.51. The molecule has 3 atom stereocenters. The van der Waals surface area contributed by atoms with E-state index in [9.17, 15) is 38.7 Å². The van der Waals surface area contributed by atoms with Crippen molar-refractivity contribution in [1.29, 1.82) is 0 Å². The molecule has 0 spiro atoms. The van der Waals surface area contributed by atoms with Crippen molar-refractivity contribution in [3.63, 3.8) is 0 Å². The third kappa shape index (κ3) is 48.3. The third-order valence-corrected chi connectivity index (χ3v) is 14.8. The van der Waals surface area contributed by atoms with E-state index in [4.69, 9.17) is 14.6 Å². The number of esters is 2. The smallest absolute Gasteiger partial charge is 0.326 e. The maximum absolute atomic E-state index is 13.5. The second-order valence-corrected chi connectivity index (χ2v) is 21.9. The van der Waals surface area contributed by atoms with Gasteiger partial charge in [0.2, 0.25) is 17.7 Å². The second-order valence-electron chi connectivity index (χ2n) is 20.8. The predicted molar refractivity (Wildman–Crippen MR) is 301 cm³/mol. The van der Waals surface area contributed by atoms with Gasteiger partial charge in [-0.1, -0.05) is 239 Å². The van der Waals surface area contributed by atoms with E-state index in [0.717, 1.165) is 64.2 Å². The van der Waals surface area contributed by atoms with Gasteiger partial charge in [-0.05, 0) is 25.7 Å². The van der Waals surface area contributed by atoms with E-state index in [0.29, 0.717) is 12.8 Å². The lowest BCUT2D eigenvalue weighted by molar-refractivity contribution is -0.157. The quantitative estimate of drug-likeness (QED) is 0.0284. The molecule has 74 heavy (non-hydrogen) atoms. The first-order chi connectivity index (χ1) is 35.9. The molecule has 0 bridgehead atoms. The minimum atomic E-state index is -1.46. The molecule has 0 saturated heterocycles. The number of carbonyl (C=O) groups excluding carboxylic acids is 5. The Bertz CT molecular complexity index is 1420. The molecule has 0 aliphatic heterocycles. The van der Waals surface area contributed by atoms with Crippen LogP contribution in [0.3, 0.4) is 0 Å². The summed E-state index contributed by atoms with van der Waals surface area (Å²) in [5.74, 6) is -4.94. The highest BCUT2D eigenvalue weighted by molar-refractivity contribution is 7.99. The molecule has 432 valence electrons. The molecule has 15 heteroatoms. The number of unbranched alkanes of at least 4 members (excludes halogenated alkanes) is 34. The maximum atomic E-state index is 13.5. The zero-order valence-electron chi connectivity index (χ0n) is 47.2. The summed E-state index contributed by atoms with van der Waals surface area (Å²) in [6.07, 6.45) is 42.6. The fourth-order valence-corrected chi connectivity index (χ4v) is 10.0. The number of hydrogen-bond acceptors (Lipinski definition) is 10. The van der Waals surface area contributed by atoms with Gasteiger partial charge in [0.15, 0.2) is 0 Å². The van der Waals surface area contributed by atoms with Crippen LogP contribution in [-0.4, -0.2) is 94.7 Å². The molecule has 5 N–H and O–H groups in total. The summed E-state index contributed by atoms with van der Waals surface area (Å²) >= 11 is 1.24. The summed E-state index contributed by atoms with van der Waals surface area (Å²) in [6, 6.07) is -2.55. The molecule has 0 aromatic carbocycles. The molecule has 3 amide bonds. The third-order valence-electron chi connectivity index (χ3n) is 13.6. The van der Waals surface area contributed by atoms with Crippen molar-refractivity contribution in [1.82, 2.24) is 16.0 Å². The van der Waals surface area contributed by atoms with Crippen molar-refractivity contribution >= 4 is 53.4 Å². The molecular weight excluding hydrogens is 959 g/mol.